The first-order valence-corrected chi connectivity index (χ1v) is 7.56. The largest absolute Gasteiger partial charge is 0.255 e. The van der Waals surface area contributed by atoms with Gasteiger partial charge in [-0.15, -0.1) is 0 Å². The fourth-order valence-electron chi connectivity index (χ4n) is 1.79. The van der Waals surface area contributed by atoms with Gasteiger partial charge in [-0.3, -0.25) is 4.98 Å². The average molecular weight is 292 g/mol. The van der Waals surface area contributed by atoms with Crippen LogP contribution in [0.4, 0.5) is 0 Å². The molecule has 0 N–H and O–H groups in total. The van der Waals surface area contributed by atoms with E-state index in [2.05, 4.69) is 16.6 Å². The number of nitrogens with zero attached hydrogens (tertiary/aromatic N) is 2. The second-order valence-electron chi connectivity index (χ2n) is 4.75. The molecule has 0 aliphatic carbocycles. The van der Waals surface area contributed by atoms with E-state index in [4.69, 9.17) is 0 Å². The first kappa shape index (κ1) is 17.6. The Morgan fingerprint density at radius 3 is 2.18 bits per heavy atom. The molecule has 2 nitrogen and oxygen atoms in total. The van der Waals surface area contributed by atoms with Crippen LogP contribution in [-0.4, -0.2) is 10.7 Å². The first-order valence-electron chi connectivity index (χ1n) is 7.56. The minimum absolute atomic E-state index is 0.740. The van der Waals surface area contributed by atoms with Crippen molar-refractivity contribution >= 4 is 11.4 Å². The highest BCUT2D eigenvalue weighted by Gasteiger charge is 2.03. The van der Waals surface area contributed by atoms with Gasteiger partial charge in [0.05, 0.1) is 17.1 Å². The molecule has 0 aliphatic rings. The van der Waals surface area contributed by atoms with Crippen LogP contribution in [0.2, 0.25) is 0 Å². The first-order chi connectivity index (χ1) is 10.7. The molecule has 1 aromatic heterocycles. The van der Waals surface area contributed by atoms with Crippen molar-refractivity contribution in [2.45, 2.75) is 27.7 Å². The van der Waals surface area contributed by atoms with Crippen LogP contribution in [0, 0.1) is 0 Å². The van der Waals surface area contributed by atoms with Crippen molar-refractivity contribution in [3.63, 3.8) is 0 Å². The van der Waals surface area contributed by atoms with Crippen molar-refractivity contribution in [3.05, 3.63) is 84.2 Å². The highest BCUT2D eigenvalue weighted by Crippen LogP contribution is 2.15. The van der Waals surface area contributed by atoms with Gasteiger partial charge in [0.1, 0.15) is 0 Å². The van der Waals surface area contributed by atoms with Gasteiger partial charge < -0.3 is 0 Å². The molecule has 2 aromatic rings. The molecule has 0 saturated carbocycles. The van der Waals surface area contributed by atoms with E-state index in [-0.39, 0.29) is 0 Å². The third kappa shape index (κ3) is 5.49. The van der Waals surface area contributed by atoms with Crippen LogP contribution in [0.5, 0.6) is 0 Å². The van der Waals surface area contributed by atoms with Gasteiger partial charge in [0.25, 0.3) is 0 Å². The molecule has 0 atom stereocenters. The molecule has 0 fully saturated rings. The number of hydrogen-bond acceptors (Lipinski definition) is 2. The summed E-state index contributed by atoms with van der Waals surface area (Å²) in [5, 5.41) is 0. The van der Waals surface area contributed by atoms with E-state index in [1.54, 1.807) is 6.20 Å². The number of hydrogen-bond donors (Lipinski definition) is 0. The normalized spacial score (nSPS) is 10.3. The zero-order chi connectivity index (χ0) is 16.4. The van der Waals surface area contributed by atoms with E-state index in [0.29, 0.717) is 0 Å². The molecule has 0 saturated heterocycles. The number of allylic oxidation sites excluding steroid dienone is 2. The van der Waals surface area contributed by atoms with Crippen LogP contribution < -0.4 is 0 Å². The van der Waals surface area contributed by atoms with Crippen molar-refractivity contribution in [1.82, 2.24) is 4.98 Å². The molecule has 0 amide bonds. The van der Waals surface area contributed by atoms with Crippen LogP contribution in [0.15, 0.2) is 77.9 Å². The lowest BCUT2D eigenvalue weighted by Crippen LogP contribution is -2.01. The molecule has 1 aromatic carbocycles. The van der Waals surface area contributed by atoms with Gasteiger partial charge in [-0.25, -0.2) is 4.99 Å². The molecule has 1 heterocycles. The minimum Gasteiger partial charge on any atom is -0.255 e. The Morgan fingerprint density at radius 1 is 1.00 bits per heavy atom. The lowest BCUT2D eigenvalue weighted by molar-refractivity contribution is 1.28. The van der Waals surface area contributed by atoms with E-state index in [1.807, 2.05) is 82.3 Å². The van der Waals surface area contributed by atoms with Gasteiger partial charge in [0.15, 0.2) is 0 Å². The summed E-state index contributed by atoms with van der Waals surface area (Å²) in [6.45, 7) is 12.1. The third-order valence-corrected chi connectivity index (χ3v) is 2.72. The summed E-state index contributed by atoms with van der Waals surface area (Å²) >= 11 is 0. The molecule has 0 spiro atoms. The fourth-order valence-corrected chi connectivity index (χ4v) is 1.79. The summed E-state index contributed by atoms with van der Waals surface area (Å²) < 4.78 is 0. The summed E-state index contributed by atoms with van der Waals surface area (Å²) in [7, 11) is 0. The number of aliphatic imine (C=N–C) groups is 1. The fraction of sp³-hybridized carbons (Fsp3) is 0.200. The SMILES string of the molecule is C=C(N=C(C=C(C)C)c1ccccn1)c1ccccc1.CC. The maximum atomic E-state index is 4.64. The Hall–Kier alpha value is -2.48. The number of benzene rings is 1. The van der Waals surface area contributed by atoms with Gasteiger partial charge >= 0.3 is 0 Å². The number of rotatable bonds is 4. The van der Waals surface area contributed by atoms with Gasteiger partial charge in [-0.1, -0.05) is 62.4 Å². The van der Waals surface area contributed by atoms with E-state index in [0.717, 1.165) is 22.7 Å². The lowest BCUT2D eigenvalue weighted by Gasteiger charge is -2.05. The Labute approximate surface area is 134 Å². The average Bonchev–Trinajstić information content (AvgIpc) is 2.57. The van der Waals surface area contributed by atoms with Gasteiger partial charge in [-0.2, -0.15) is 0 Å². The summed E-state index contributed by atoms with van der Waals surface area (Å²) in [5.41, 5.74) is 4.62. The molecular weight excluding hydrogens is 268 g/mol. The molecule has 114 valence electrons. The van der Waals surface area contributed by atoms with Crippen molar-refractivity contribution in [2.75, 3.05) is 0 Å². The monoisotopic (exact) mass is 292 g/mol. The van der Waals surface area contributed by atoms with Gasteiger partial charge in [-0.05, 0) is 37.6 Å². The summed E-state index contributed by atoms with van der Waals surface area (Å²) in [6, 6.07) is 15.8. The quantitative estimate of drug-likeness (QED) is 0.680. The zero-order valence-electron chi connectivity index (χ0n) is 13.9. The summed E-state index contributed by atoms with van der Waals surface area (Å²) in [4.78, 5) is 9.00. The highest BCUT2D eigenvalue weighted by atomic mass is 14.8. The van der Waals surface area contributed by atoms with E-state index in [9.17, 15) is 0 Å². The molecule has 0 unspecified atom stereocenters. The lowest BCUT2D eigenvalue weighted by atomic mass is 10.1. The Balaban J connectivity index is 0.00000116. The second kappa shape index (κ2) is 9.46. The van der Waals surface area contributed by atoms with E-state index < -0.39 is 0 Å². The van der Waals surface area contributed by atoms with Crippen LogP contribution in [0.25, 0.3) is 5.70 Å². The van der Waals surface area contributed by atoms with E-state index in [1.165, 1.54) is 5.57 Å². The van der Waals surface area contributed by atoms with Crippen molar-refractivity contribution in [3.8, 4) is 0 Å². The molecule has 2 heteroatoms. The Morgan fingerprint density at radius 2 is 1.64 bits per heavy atom. The van der Waals surface area contributed by atoms with Gasteiger partial charge in [0.2, 0.25) is 0 Å². The molecule has 0 bridgehead atoms. The Bertz CT molecular complexity index is 634. The van der Waals surface area contributed by atoms with Crippen molar-refractivity contribution < 1.29 is 0 Å². The predicted molar refractivity (Wildman–Crippen MR) is 97.0 cm³/mol. The van der Waals surface area contributed by atoms with Crippen LogP contribution in [0.3, 0.4) is 0 Å². The van der Waals surface area contributed by atoms with Gasteiger partial charge in [0, 0.05) is 6.20 Å². The molecule has 0 aliphatic heterocycles. The smallest absolute Gasteiger partial charge is 0.0892 e. The highest BCUT2D eigenvalue weighted by molar-refractivity contribution is 6.09. The Kier molecular flexibility index (Phi) is 7.55. The molecule has 22 heavy (non-hydrogen) atoms. The van der Waals surface area contributed by atoms with Crippen LogP contribution in [-0.2, 0) is 0 Å². The summed E-state index contributed by atoms with van der Waals surface area (Å²) in [6.07, 6.45) is 3.80. The third-order valence-electron chi connectivity index (χ3n) is 2.72. The van der Waals surface area contributed by atoms with Crippen LogP contribution >= 0.6 is 0 Å². The summed E-state index contributed by atoms with van der Waals surface area (Å²) in [5.74, 6) is 0. The number of aromatic nitrogens is 1. The topological polar surface area (TPSA) is 25.2 Å². The number of pyridine rings is 1. The van der Waals surface area contributed by atoms with Crippen molar-refractivity contribution in [2.24, 2.45) is 4.99 Å². The molecular formula is C20H24N2. The van der Waals surface area contributed by atoms with E-state index >= 15 is 0 Å². The minimum atomic E-state index is 0.740. The predicted octanol–water partition coefficient (Wildman–Crippen LogP) is 5.53. The molecule has 2 rings (SSSR count). The second-order valence-corrected chi connectivity index (χ2v) is 4.75. The molecule has 0 radical (unpaired) electrons. The zero-order valence-corrected chi connectivity index (χ0v) is 13.9. The standard InChI is InChI=1S/C18H18N2.C2H6/c1-14(2)13-18(17-11-7-8-12-19-17)20-15(3)16-9-5-4-6-10-16;1-2/h4-13H,3H2,1-2H3;1-2H3. The van der Waals surface area contributed by atoms with Crippen LogP contribution in [0.1, 0.15) is 39.0 Å². The maximum Gasteiger partial charge on any atom is 0.0892 e. The maximum absolute atomic E-state index is 4.64. The van der Waals surface area contributed by atoms with Crippen molar-refractivity contribution in [1.29, 1.82) is 0 Å².